The molecule has 1 unspecified atom stereocenters. The number of aliphatic hydroxyl groups excluding tert-OH is 1. The highest BCUT2D eigenvalue weighted by atomic mass is 19.1. The van der Waals surface area contributed by atoms with Crippen LogP contribution in [0.1, 0.15) is 30.6 Å². The number of aliphatic hydroxyl groups is 1. The molecule has 0 bridgehead atoms. The molecule has 0 fully saturated rings. The van der Waals surface area contributed by atoms with Crippen molar-refractivity contribution in [3.63, 3.8) is 0 Å². The molecule has 0 spiro atoms. The Labute approximate surface area is 109 Å². The van der Waals surface area contributed by atoms with E-state index in [0.29, 0.717) is 0 Å². The molecule has 19 heavy (non-hydrogen) atoms. The zero-order valence-corrected chi connectivity index (χ0v) is 10.4. The number of aryl methyl sites for hydroxylation is 1. The van der Waals surface area contributed by atoms with Crippen molar-refractivity contribution < 1.29 is 28.9 Å². The summed E-state index contributed by atoms with van der Waals surface area (Å²) in [6.07, 6.45) is -1.83. The highest BCUT2D eigenvalue weighted by Crippen LogP contribution is 2.21. The molecule has 0 radical (unpaired) electrons. The number of rotatable bonds is 6. The fraction of sp³-hybridized carbons (Fsp3) is 0.385. The van der Waals surface area contributed by atoms with Crippen LogP contribution in [0.5, 0.6) is 0 Å². The summed E-state index contributed by atoms with van der Waals surface area (Å²) >= 11 is 0. The van der Waals surface area contributed by atoms with E-state index in [4.69, 9.17) is 9.84 Å². The number of carboxylic acid groups (broad SMARTS) is 1. The number of carbonyl (C=O) groups excluding carboxylic acids is 1. The minimum absolute atomic E-state index is 0.00260. The van der Waals surface area contributed by atoms with Crippen molar-refractivity contribution in [3.8, 4) is 0 Å². The predicted molar refractivity (Wildman–Crippen MR) is 63.9 cm³/mol. The van der Waals surface area contributed by atoms with Gasteiger partial charge in [-0.1, -0.05) is 18.2 Å². The monoisotopic (exact) mass is 270 g/mol. The number of benzene rings is 1. The fourth-order valence-corrected chi connectivity index (χ4v) is 1.61. The van der Waals surface area contributed by atoms with Gasteiger partial charge >= 0.3 is 11.9 Å². The molecule has 0 saturated carbocycles. The number of halogens is 1. The molecule has 1 aromatic rings. The Kier molecular flexibility index (Phi) is 5.44. The van der Waals surface area contributed by atoms with Gasteiger partial charge in [0.25, 0.3) is 0 Å². The zero-order valence-electron chi connectivity index (χ0n) is 10.4. The molecule has 0 aliphatic carbocycles. The lowest BCUT2D eigenvalue weighted by Crippen LogP contribution is -2.13. The van der Waals surface area contributed by atoms with E-state index in [1.807, 2.05) is 0 Å². The Morgan fingerprint density at radius 1 is 1.42 bits per heavy atom. The van der Waals surface area contributed by atoms with Gasteiger partial charge in [-0.3, -0.25) is 4.79 Å². The maximum absolute atomic E-state index is 13.9. The largest absolute Gasteiger partial charge is 0.479 e. The molecular weight excluding hydrogens is 255 g/mol. The van der Waals surface area contributed by atoms with Crippen LogP contribution in [0.3, 0.4) is 0 Å². The molecule has 5 nitrogen and oxygen atoms in total. The normalized spacial score (nSPS) is 11.9. The number of aliphatic carboxylic acids is 1. The Hall–Kier alpha value is -1.95. The average molecular weight is 270 g/mol. The molecule has 0 aliphatic rings. The van der Waals surface area contributed by atoms with Crippen LogP contribution in [0.25, 0.3) is 0 Å². The molecule has 0 saturated heterocycles. The lowest BCUT2D eigenvalue weighted by Gasteiger charge is -2.10. The SMILES string of the molecule is CCOC(=O)CCc1cccc(C(O)C(=O)O)c1F. The standard InChI is InChI=1S/C13H15FO5/c1-2-19-10(15)7-6-8-4-3-5-9(11(8)14)12(16)13(17)18/h3-5,12,16H,2,6-7H2,1H3,(H,17,18). The third-order valence-electron chi connectivity index (χ3n) is 2.54. The average Bonchev–Trinajstić information content (AvgIpc) is 2.37. The fourth-order valence-electron chi connectivity index (χ4n) is 1.61. The summed E-state index contributed by atoms with van der Waals surface area (Å²) in [5, 5.41) is 18.0. The van der Waals surface area contributed by atoms with E-state index in [1.54, 1.807) is 6.92 Å². The van der Waals surface area contributed by atoms with Crippen LogP contribution in [-0.4, -0.2) is 28.8 Å². The summed E-state index contributed by atoms with van der Waals surface area (Å²) in [5.74, 6) is -2.78. The number of carbonyl (C=O) groups is 2. The molecule has 6 heteroatoms. The Morgan fingerprint density at radius 3 is 2.68 bits per heavy atom. The van der Waals surface area contributed by atoms with Gasteiger partial charge in [-0.15, -0.1) is 0 Å². The second-order valence-electron chi connectivity index (χ2n) is 3.87. The Bertz CT molecular complexity index is 472. The number of hydrogen-bond acceptors (Lipinski definition) is 4. The van der Waals surface area contributed by atoms with Gasteiger partial charge in [0.05, 0.1) is 6.61 Å². The molecule has 0 aromatic heterocycles. The Morgan fingerprint density at radius 2 is 2.11 bits per heavy atom. The zero-order chi connectivity index (χ0) is 14.4. The quantitative estimate of drug-likeness (QED) is 0.764. The highest BCUT2D eigenvalue weighted by Gasteiger charge is 2.21. The number of carboxylic acids is 1. The van der Waals surface area contributed by atoms with Gasteiger partial charge in [-0.05, 0) is 18.9 Å². The van der Waals surface area contributed by atoms with Crippen molar-refractivity contribution in [3.05, 3.63) is 35.1 Å². The first-order valence-electron chi connectivity index (χ1n) is 5.81. The summed E-state index contributed by atoms with van der Waals surface area (Å²) in [6, 6.07) is 4.07. The minimum atomic E-state index is -1.91. The van der Waals surface area contributed by atoms with Gasteiger partial charge in [0.15, 0.2) is 6.10 Å². The molecule has 1 atom stereocenters. The highest BCUT2D eigenvalue weighted by molar-refractivity contribution is 5.74. The third kappa shape index (κ3) is 4.03. The Balaban J connectivity index is 2.83. The first-order valence-corrected chi connectivity index (χ1v) is 5.81. The second-order valence-corrected chi connectivity index (χ2v) is 3.87. The molecule has 1 aromatic carbocycles. The van der Waals surface area contributed by atoms with E-state index >= 15 is 0 Å². The van der Waals surface area contributed by atoms with E-state index in [2.05, 4.69) is 0 Å². The van der Waals surface area contributed by atoms with Crippen molar-refractivity contribution in [2.24, 2.45) is 0 Å². The predicted octanol–water partition coefficient (Wildman–Crippen LogP) is 1.44. The van der Waals surface area contributed by atoms with Crippen molar-refractivity contribution in [1.29, 1.82) is 0 Å². The lowest BCUT2D eigenvalue weighted by molar-refractivity contribution is -0.147. The van der Waals surface area contributed by atoms with Gasteiger partial charge in [0.2, 0.25) is 0 Å². The second kappa shape index (κ2) is 6.84. The van der Waals surface area contributed by atoms with E-state index in [9.17, 15) is 19.1 Å². The van der Waals surface area contributed by atoms with Crippen molar-refractivity contribution in [2.75, 3.05) is 6.61 Å². The van der Waals surface area contributed by atoms with E-state index in [0.717, 1.165) is 0 Å². The molecule has 104 valence electrons. The third-order valence-corrected chi connectivity index (χ3v) is 2.54. The molecule has 0 aliphatic heterocycles. The van der Waals surface area contributed by atoms with Crippen LogP contribution in [0, 0.1) is 5.82 Å². The van der Waals surface area contributed by atoms with Gasteiger partial charge in [-0.25, -0.2) is 9.18 Å². The maximum atomic E-state index is 13.9. The minimum Gasteiger partial charge on any atom is -0.479 e. The van der Waals surface area contributed by atoms with Gasteiger partial charge in [-0.2, -0.15) is 0 Å². The molecule has 1 rings (SSSR count). The van der Waals surface area contributed by atoms with Crippen molar-refractivity contribution >= 4 is 11.9 Å². The van der Waals surface area contributed by atoms with Gasteiger partial charge in [0.1, 0.15) is 5.82 Å². The lowest BCUT2D eigenvalue weighted by atomic mass is 10.0. The number of hydrogen-bond donors (Lipinski definition) is 2. The van der Waals surface area contributed by atoms with Gasteiger partial charge in [0, 0.05) is 12.0 Å². The van der Waals surface area contributed by atoms with Crippen LogP contribution in [0.4, 0.5) is 4.39 Å². The van der Waals surface area contributed by atoms with Gasteiger partial charge < -0.3 is 14.9 Å². The maximum Gasteiger partial charge on any atom is 0.337 e. The van der Waals surface area contributed by atoms with Crippen LogP contribution < -0.4 is 0 Å². The molecule has 2 N–H and O–H groups in total. The summed E-state index contributed by atoms with van der Waals surface area (Å²) in [7, 11) is 0. The molecule has 0 amide bonds. The van der Waals surface area contributed by atoms with Crippen molar-refractivity contribution in [2.45, 2.75) is 25.9 Å². The smallest absolute Gasteiger partial charge is 0.337 e. The first kappa shape index (κ1) is 15.1. The number of ether oxygens (including phenoxy) is 1. The van der Waals surface area contributed by atoms with Crippen LogP contribution in [0.15, 0.2) is 18.2 Å². The summed E-state index contributed by atoms with van der Waals surface area (Å²) < 4.78 is 18.7. The number of esters is 1. The van der Waals surface area contributed by atoms with Crippen molar-refractivity contribution in [1.82, 2.24) is 0 Å². The van der Waals surface area contributed by atoms with Crippen LogP contribution in [0.2, 0.25) is 0 Å². The van der Waals surface area contributed by atoms with Crippen LogP contribution >= 0.6 is 0 Å². The summed E-state index contributed by atoms with van der Waals surface area (Å²) in [4.78, 5) is 21.8. The van der Waals surface area contributed by atoms with E-state index < -0.39 is 23.9 Å². The van der Waals surface area contributed by atoms with E-state index in [-0.39, 0.29) is 30.6 Å². The molecule has 0 heterocycles. The summed E-state index contributed by atoms with van der Waals surface area (Å²) in [5.41, 5.74) is -0.139. The first-order chi connectivity index (χ1) is 8.97. The van der Waals surface area contributed by atoms with Crippen LogP contribution in [-0.2, 0) is 20.7 Å². The summed E-state index contributed by atoms with van der Waals surface area (Å²) in [6.45, 7) is 1.92. The molecular formula is C13H15FO5. The topological polar surface area (TPSA) is 83.8 Å². The van der Waals surface area contributed by atoms with E-state index in [1.165, 1.54) is 18.2 Å².